The maximum absolute atomic E-state index is 13.0. The van der Waals surface area contributed by atoms with Crippen molar-refractivity contribution in [1.29, 1.82) is 0 Å². The van der Waals surface area contributed by atoms with Crippen molar-refractivity contribution in [3.63, 3.8) is 0 Å². The zero-order valence-electron chi connectivity index (χ0n) is 9.84. The van der Waals surface area contributed by atoms with E-state index in [2.05, 4.69) is 0 Å². The topological polar surface area (TPSA) is 78.4 Å². The van der Waals surface area contributed by atoms with E-state index in [4.69, 9.17) is 10.5 Å². The molecule has 1 aromatic carbocycles. The summed E-state index contributed by atoms with van der Waals surface area (Å²) in [5.74, 6) is -0.479. The Labute approximate surface area is 104 Å². The number of nitrogens with two attached hydrogens (primary N) is 1. The van der Waals surface area contributed by atoms with Crippen molar-refractivity contribution < 1.29 is 14.1 Å². The molecule has 1 fully saturated rings. The van der Waals surface area contributed by atoms with Gasteiger partial charge in [-0.3, -0.25) is 10.1 Å². The molecule has 1 aromatic rings. The van der Waals surface area contributed by atoms with Crippen LogP contribution in [0.25, 0.3) is 0 Å². The van der Waals surface area contributed by atoms with Crippen LogP contribution in [0.15, 0.2) is 18.2 Å². The fraction of sp³-hybridized carbons (Fsp3) is 0.500. The van der Waals surface area contributed by atoms with Crippen LogP contribution in [0.1, 0.15) is 24.4 Å². The van der Waals surface area contributed by atoms with E-state index in [1.165, 1.54) is 12.1 Å². The van der Waals surface area contributed by atoms with Crippen molar-refractivity contribution in [2.75, 3.05) is 13.2 Å². The van der Waals surface area contributed by atoms with Gasteiger partial charge in [-0.1, -0.05) is 0 Å². The minimum atomic E-state index is -0.621. The second-order valence-corrected chi connectivity index (χ2v) is 4.44. The Balaban J connectivity index is 2.28. The summed E-state index contributed by atoms with van der Waals surface area (Å²) in [5, 5.41) is 10.9. The van der Waals surface area contributed by atoms with Crippen LogP contribution in [0.2, 0.25) is 0 Å². The number of hydrogen-bond donors (Lipinski definition) is 1. The number of halogens is 1. The molecule has 2 rings (SSSR count). The van der Waals surface area contributed by atoms with Crippen molar-refractivity contribution in [2.45, 2.75) is 18.9 Å². The average Bonchev–Trinajstić information content (AvgIpc) is 2.39. The number of hydrogen-bond acceptors (Lipinski definition) is 4. The first-order valence-electron chi connectivity index (χ1n) is 5.86. The van der Waals surface area contributed by atoms with Crippen molar-refractivity contribution in [2.24, 2.45) is 11.7 Å². The summed E-state index contributed by atoms with van der Waals surface area (Å²) >= 11 is 0. The Morgan fingerprint density at radius 1 is 1.44 bits per heavy atom. The zero-order valence-corrected chi connectivity index (χ0v) is 9.84. The van der Waals surface area contributed by atoms with Crippen LogP contribution in [0, 0.1) is 21.8 Å². The van der Waals surface area contributed by atoms with Crippen molar-refractivity contribution in [3.05, 3.63) is 39.7 Å². The van der Waals surface area contributed by atoms with Gasteiger partial charge in [0.05, 0.1) is 11.0 Å². The standard InChI is InChI=1S/C12H15FN2O3/c13-9-1-2-10(11(7-9)15(16)17)12(14)8-3-5-18-6-4-8/h1-2,7-8,12H,3-6,14H2/t12-/m1/s1. The lowest BCUT2D eigenvalue weighted by atomic mass is 9.87. The summed E-state index contributed by atoms with van der Waals surface area (Å²) in [6.07, 6.45) is 1.55. The first-order chi connectivity index (χ1) is 8.59. The predicted molar refractivity (Wildman–Crippen MR) is 63.5 cm³/mol. The van der Waals surface area contributed by atoms with Gasteiger partial charge in [0.2, 0.25) is 0 Å². The molecule has 0 spiro atoms. The predicted octanol–water partition coefficient (Wildman–Crippen LogP) is 2.16. The number of benzene rings is 1. The first kappa shape index (κ1) is 12.9. The monoisotopic (exact) mass is 254 g/mol. The molecule has 0 aliphatic carbocycles. The number of nitrogens with zero attached hydrogens (tertiary/aromatic N) is 1. The van der Waals surface area contributed by atoms with E-state index in [9.17, 15) is 14.5 Å². The fourth-order valence-electron chi connectivity index (χ4n) is 2.29. The lowest BCUT2D eigenvalue weighted by Gasteiger charge is -2.27. The van der Waals surface area contributed by atoms with E-state index in [1.807, 2.05) is 0 Å². The van der Waals surface area contributed by atoms with Gasteiger partial charge in [0, 0.05) is 24.8 Å². The van der Waals surface area contributed by atoms with Crippen LogP contribution >= 0.6 is 0 Å². The lowest BCUT2D eigenvalue weighted by molar-refractivity contribution is -0.386. The summed E-state index contributed by atoms with van der Waals surface area (Å²) in [7, 11) is 0. The molecule has 1 atom stereocenters. The smallest absolute Gasteiger partial charge is 0.277 e. The second-order valence-electron chi connectivity index (χ2n) is 4.44. The maximum atomic E-state index is 13.0. The van der Waals surface area contributed by atoms with Crippen molar-refractivity contribution in [1.82, 2.24) is 0 Å². The molecular formula is C12H15FN2O3. The lowest BCUT2D eigenvalue weighted by Crippen LogP contribution is -2.28. The van der Waals surface area contributed by atoms with Gasteiger partial charge >= 0.3 is 0 Å². The molecule has 0 unspecified atom stereocenters. The molecular weight excluding hydrogens is 239 g/mol. The minimum Gasteiger partial charge on any atom is -0.381 e. The Morgan fingerprint density at radius 2 is 2.11 bits per heavy atom. The summed E-state index contributed by atoms with van der Waals surface area (Å²) < 4.78 is 18.3. The van der Waals surface area contributed by atoms with Crippen LogP contribution in [-0.2, 0) is 4.74 Å². The van der Waals surface area contributed by atoms with Gasteiger partial charge < -0.3 is 10.5 Å². The van der Waals surface area contributed by atoms with Crippen LogP contribution < -0.4 is 5.73 Å². The van der Waals surface area contributed by atoms with E-state index in [-0.39, 0.29) is 11.6 Å². The molecule has 5 nitrogen and oxygen atoms in total. The zero-order chi connectivity index (χ0) is 13.1. The first-order valence-corrected chi connectivity index (χ1v) is 5.86. The molecule has 98 valence electrons. The van der Waals surface area contributed by atoms with Crippen LogP contribution in [-0.4, -0.2) is 18.1 Å². The summed E-state index contributed by atoms with van der Waals surface area (Å²) in [6.45, 7) is 1.24. The van der Waals surface area contributed by atoms with Crippen LogP contribution in [0.5, 0.6) is 0 Å². The highest BCUT2D eigenvalue weighted by atomic mass is 19.1. The van der Waals surface area contributed by atoms with E-state index in [0.29, 0.717) is 18.8 Å². The highest BCUT2D eigenvalue weighted by Gasteiger charge is 2.28. The molecule has 0 bridgehead atoms. The van der Waals surface area contributed by atoms with Gasteiger partial charge in [-0.25, -0.2) is 4.39 Å². The van der Waals surface area contributed by atoms with E-state index >= 15 is 0 Å². The van der Waals surface area contributed by atoms with Gasteiger partial charge in [0.1, 0.15) is 5.82 Å². The summed E-state index contributed by atoms with van der Waals surface area (Å²) in [6, 6.07) is 3.10. The fourth-order valence-corrected chi connectivity index (χ4v) is 2.29. The SMILES string of the molecule is N[C@@H](c1ccc(F)cc1[N+](=O)[O-])C1CCOCC1. The molecule has 18 heavy (non-hydrogen) atoms. The quantitative estimate of drug-likeness (QED) is 0.662. The van der Waals surface area contributed by atoms with Gasteiger partial charge in [-0.05, 0) is 30.9 Å². The molecule has 2 N–H and O–H groups in total. The highest BCUT2D eigenvalue weighted by molar-refractivity contribution is 5.42. The maximum Gasteiger partial charge on any atom is 0.277 e. The Morgan fingerprint density at radius 3 is 2.72 bits per heavy atom. The second kappa shape index (κ2) is 5.41. The molecule has 0 amide bonds. The average molecular weight is 254 g/mol. The normalized spacial score (nSPS) is 18.6. The molecule has 1 aliphatic rings. The van der Waals surface area contributed by atoms with Crippen LogP contribution in [0.4, 0.5) is 10.1 Å². The number of nitro groups is 1. The van der Waals surface area contributed by atoms with Crippen molar-refractivity contribution in [3.8, 4) is 0 Å². The van der Waals surface area contributed by atoms with Gasteiger partial charge in [-0.15, -0.1) is 0 Å². The van der Waals surface area contributed by atoms with Gasteiger partial charge in [-0.2, -0.15) is 0 Å². The molecule has 6 heteroatoms. The molecule has 1 saturated heterocycles. The van der Waals surface area contributed by atoms with E-state index in [1.54, 1.807) is 0 Å². The number of ether oxygens (including phenoxy) is 1. The van der Waals surface area contributed by atoms with Crippen molar-refractivity contribution >= 4 is 5.69 Å². The van der Waals surface area contributed by atoms with E-state index < -0.39 is 16.8 Å². The Bertz CT molecular complexity index is 447. The summed E-state index contributed by atoms with van der Waals surface area (Å²) in [5.41, 5.74) is 6.23. The molecule has 1 heterocycles. The van der Waals surface area contributed by atoms with Gasteiger partial charge in [0.25, 0.3) is 5.69 Å². The molecule has 0 radical (unpaired) electrons. The third-order valence-electron chi connectivity index (χ3n) is 3.32. The third kappa shape index (κ3) is 2.65. The Hall–Kier alpha value is -1.53. The highest BCUT2D eigenvalue weighted by Crippen LogP contribution is 2.33. The third-order valence-corrected chi connectivity index (χ3v) is 3.32. The Kier molecular flexibility index (Phi) is 3.88. The summed E-state index contributed by atoms with van der Waals surface area (Å²) in [4.78, 5) is 10.3. The minimum absolute atomic E-state index is 0.142. The number of rotatable bonds is 3. The number of nitro benzene ring substituents is 1. The van der Waals surface area contributed by atoms with Crippen LogP contribution in [0.3, 0.4) is 0 Å². The van der Waals surface area contributed by atoms with E-state index in [0.717, 1.165) is 18.9 Å². The molecule has 1 aliphatic heterocycles. The van der Waals surface area contributed by atoms with Gasteiger partial charge in [0.15, 0.2) is 0 Å². The molecule has 0 saturated carbocycles. The largest absolute Gasteiger partial charge is 0.381 e. The molecule has 0 aromatic heterocycles.